The van der Waals surface area contributed by atoms with Crippen molar-refractivity contribution in [1.82, 2.24) is 5.32 Å². The molecule has 0 spiro atoms. The van der Waals surface area contributed by atoms with Crippen LogP contribution in [0.15, 0.2) is 18.2 Å². The summed E-state index contributed by atoms with van der Waals surface area (Å²) in [7, 11) is 1.37. The Labute approximate surface area is 113 Å². The van der Waals surface area contributed by atoms with Crippen LogP contribution in [0, 0.1) is 0 Å². The van der Waals surface area contributed by atoms with Crippen molar-refractivity contribution in [2.45, 2.75) is 12.0 Å². The number of alkyl halides is 2. The Bertz CT molecular complexity index is 484. The van der Waals surface area contributed by atoms with Crippen LogP contribution in [0.25, 0.3) is 0 Å². The number of phenols is 1. The summed E-state index contributed by atoms with van der Waals surface area (Å²) in [5, 5.41) is 11.6. The molecule has 5 nitrogen and oxygen atoms in total. The summed E-state index contributed by atoms with van der Waals surface area (Å²) in [6.45, 7) is -1.03. The van der Waals surface area contributed by atoms with Gasteiger partial charge >= 0.3 is 12.0 Å². The summed E-state index contributed by atoms with van der Waals surface area (Å²) < 4.78 is 36.4. The number of aromatic hydroxyl groups is 1. The van der Waals surface area contributed by atoms with Crippen LogP contribution in [-0.4, -0.2) is 30.8 Å². The third kappa shape index (κ3) is 2.98. The van der Waals surface area contributed by atoms with Gasteiger partial charge in [0.2, 0.25) is 0 Å². The lowest BCUT2D eigenvalue weighted by atomic mass is 9.99. The fourth-order valence-corrected chi connectivity index (χ4v) is 1.71. The molecule has 1 saturated heterocycles. The van der Waals surface area contributed by atoms with Crippen molar-refractivity contribution in [2.24, 2.45) is 0 Å². The van der Waals surface area contributed by atoms with Crippen molar-refractivity contribution in [1.29, 1.82) is 0 Å². The third-order valence-electron chi connectivity index (χ3n) is 2.63. The first-order chi connectivity index (χ1) is 8.44. The van der Waals surface area contributed by atoms with Gasteiger partial charge in [-0.05, 0) is 18.2 Å². The van der Waals surface area contributed by atoms with Crippen LogP contribution >= 0.6 is 12.4 Å². The van der Waals surface area contributed by atoms with Crippen molar-refractivity contribution < 1.29 is 28.2 Å². The summed E-state index contributed by atoms with van der Waals surface area (Å²) in [4.78, 5) is 11.0. The molecule has 1 amide bonds. The molecule has 106 valence electrons. The minimum absolute atomic E-state index is 0. The second kappa shape index (κ2) is 5.48. The van der Waals surface area contributed by atoms with Crippen molar-refractivity contribution in [3.05, 3.63) is 23.8 Å². The summed E-state index contributed by atoms with van der Waals surface area (Å²) in [6, 6.07) is 2.26. The van der Waals surface area contributed by atoms with Gasteiger partial charge in [-0.2, -0.15) is 0 Å². The molecule has 0 aromatic heterocycles. The lowest BCUT2D eigenvalue weighted by molar-refractivity contribution is -0.104. The topological polar surface area (TPSA) is 67.8 Å². The van der Waals surface area contributed by atoms with Gasteiger partial charge in [-0.3, -0.25) is 0 Å². The summed E-state index contributed by atoms with van der Waals surface area (Å²) in [5.41, 5.74) is -0.115. The van der Waals surface area contributed by atoms with Crippen LogP contribution in [-0.2, 0) is 4.74 Å². The number of benzene rings is 1. The smallest absolute Gasteiger partial charge is 0.408 e. The predicted molar refractivity (Wildman–Crippen MR) is 64.1 cm³/mol. The Morgan fingerprint density at radius 3 is 2.84 bits per heavy atom. The monoisotopic (exact) mass is 295 g/mol. The summed E-state index contributed by atoms with van der Waals surface area (Å²) in [6.07, 6.45) is -0.951. The van der Waals surface area contributed by atoms with Crippen molar-refractivity contribution in [2.75, 3.05) is 13.7 Å². The Morgan fingerprint density at radius 1 is 1.53 bits per heavy atom. The van der Waals surface area contributed by atoms with Gasteiger partial charge in [0.25, 0.3) is 0 Å². The zero-order valence-electron chi connectivity index (χ0n) is 9.85. The van der Waals surface area contributed by atoms with E-state index in [0.29, 0.717) is 5.75 Å². The normalized spacial score (nSPS) is 20.8. The molecule has 0 saturated carbocycles. The van der Waals surface area contributed by atoms with Gasteiger partial charge in [0.15, 0.2) is 6.61 Å². The Kier molecular flexibility index (Phi) is 4.41. The predicted octanol–water partition coefficient (Wildman–Crippen LogP) is 2.24. The molecule has 2 N–H and O–H groups in total. The van der Waals surface area contributed by atoms with E-state index < -0.39 is 24.7 Å². The van der Waals surface area contributed by atoms with Gasteiger partial charge in [-0.25, -0.2) is 13.6 Å². The van der Waals surface area contributed by atoms with Crippen LogP contribution in [0.3, 0.4) is 0 Å². The molecule has 0 aliphatic carbocycles. The fraction of sp³-hybridized carbons (Fsp3) is 0.364. The Morgan fingerprint density at radius 2 is 2.21 bits per heavy atom. The first kappa shape index (κ1) is 15.3. The maximum Gasteiger partial charge on any atom is 0.408 e. The molecular formula is C11H12ClF2NO4. The van der Waals surface area contributed by atoms with Gasteiger partial charge in [-0.15, -0.1) is 12.4 Å². The van der Waals surface area contributed by atoms with E-state index in [0.717, 1.165) is 0 Å². The van der Waals surface area contributed by atoms with Crippen LogP contribution < -0.4 is 10.1 Å². The molecule has 1 aliphatic rings. The number of hydrogen-bond donors (Lipinski definition) is 2. The average Bonchev–Trinajstić information content (AvgIpc) is 2.33. The van der Waals surface area contributed by atoms with Gasteiger partial charge < -0.3 is 19.9 Å². The first-order valence-electron chi connectivity index (χ1n) is 5.12. The number of methoxy groups -OCH3 is 1. The van der Waals surface area contributed by atoms with Crippen molar-refractivity contribution >= 4 is 18.5 Å². The molecule has 1 aromatic rings. The fourth-order valence-electron chi connectivity index (χ4n) is 1.71. The zero-order valence-corrected chi connectivity index (χ0v) is 10.7. The van der Waals surface area contributed by atoms with E-state index in [1.165, 1.54) is 25.3 Å². The molecule has 1 aliphatic heterocycles. The Balaban J connectivity index is 0.00000180. The zero-order chi connectivity index (χ0) is 13.3. The third-order valence-corrected chi connectivity index (χ3v) is 2.63. The number of carbonyl (C=O) groups is 1. The number of alkyl carbamates (subject to hydrolysis) is 1. The van der Waals surface area contributed by atoms with Crippen LogP contribution in [0.2, 0.25) is 0 Å². The second-order valence-corrected chi connectivity index (χ2v) is 3.84. The van der Waals surface area contributed by atoms with E-state index in [1.54, 1.807) is 0 Å². The lowest BCUT2D eigenvalue weighted by Crippen LogP contribution is -2.49. The summed E-state index contributed by atoms with van der Waals surface area (Å²) in [5.74, 6) is -3.35. The van der Waals surface area contributed by atoms with Gasteiger partial charge in [0, 0.05) is 5.56 Å². The minimum atomic E-state index is -3.31. The van der Waals surface area contributed by atoms with Crippen LogP contribution in [0.5, 0.6) is 11.5 Å². The van der Waals surface area contributed by atoms with E-state index in [1.807, 2.05) is 5.32 Å². The number of hydrogen-bond acceptors (Lipinski definition) is 4. The number of nitrogens with one attached hydrogen (secondary N) is 1. The number of cyclic esters (lactones) is 1. The highest BCUT2D eigenvalue weighted by Gasteiger charge is 2.47. The maximum atomic E-state index is 13.7. The SMILES string of the molecule is COc1ccc(O)c([C@H]2NC(=O)OCC2(F)F)c1.Cl. The molecule has 19 heavy (non-hydrogen) atoms. The van der Waals surface area contributed by atoms with E-state index in [-0.39, 0.29) is 23.7 Å². The van der Waals surface area contributed by atoms with E-state index in [2.05, 4.69) is 4.74 Å². The number of carbonyl (C=O) groups excluding carboxylic acids is 1. The van der Waals surface area contributed by atoms with E-state index in [9.17, 15) is 18.7 Å². The minimum Gasteiger partial charge on any atom is -0.508 e. The number of halogens is 3. The van der Waals surface area contributed by atoms with Gasteiger partial charge in [0.1, 0.15) is 17.5 Å². The van der Waals surface area contributed by atoms with Gasteiger partial charge in [-0.1, -0.05) is 0 Å². The summed E-state index contributed by atoms with van der Waals surface area (Å²) >= 11 is 0. The highest BCUT2D eigenvalue weighted by molar-refractivity contribution is 5.85. The molecule has 1 atom stereocenters. The quantitative estimate of drug-likeness (QED) is 0.878. The second-order valence-electron chi connectivity index (χ2n) is 3.84. The number of ether oxygens (including phenoxy) is 2. The van der Waals surface area contributed by atoms with E-state index in [4.69, 9.17) is 4.74 Å². The molecule has 0 unspecified atom stereocenters. The highest BCUT2D eigenvalue weighted by atomic mass is 35.5. The maximum absolute atomic E-state index is 13.7. The molecule has 0 radical (unpaired) electrons. The highest BCUT2D eigenvalue weighted by Crippen LogP contribution is 2.39. The molecule has 1 aromatic carbocycles. The van der Waals surface area contributed by atoms with Crippen LogP contribution in [0.1, 0.15) is 11.6 Å². The number of rotatable bonds is 2. The largest absolute Gasteiger partial charge is 0.508 e. The first-order valence-corrected chi connectivity index (χ1v) is 5.12. The lowest BCUT2D eigenvalue weighted by Gasteiger charge is -2.32. The number of phenolic OH excluding ortho intramolecular Hbond substituents is 1. The standard InChI is InChI=1S/C11H11F2NO4.ClH/c1-17-6-2-3-8(15)7(4-6)9-11(12,13)5-18-10(16)14-9;/h2-4,9,15H,5H2,1H3,(H,14,16);1H/t9-;/m1./s1. The molecule has 0 bridgehead atoms. The van der Waals surface area contributed by atoms with Gasteiger partial charge in [0.05, 0.1) is 7.11 Å². The molecule has 8 heteroatoms. The average molecular weight is 296 g/mol. The molecule has 1 heterocycles. The number of amides is 1. The van der Waals surface area contributed by atoms with Crippen molar-refractivity contribution in [3.63, 3.8) is 0 Å². The molecule has 1 fully saturated rings. The van der Waals surface area contributed by atoms with Crippen molar-refractivity contribution in [3.8, 4) is 11.5 Å². The molecular weight excluding hydrogens is 284 g/mol. The Hall–Kier alpha value is -1.76. The van der Waals surface area contributed by atoms with Crippen LogP contribution in [0.4, 0.5) is 13.6 Å². The van der Waals surface area contributed by atoms with E-state index >= 15 is 0 Å². The molecule has 2 rings (SSSR count).